The Labute approximate surface area is 315 Å². The normalized spacial score (nSPS) is 22.8. The number of fused-ring (bicyclic) bond motifs is 2. The fourth-order valence-electron chi connectivity index (χ4n) is 8.27. The van der Waals surface area contributed by atoms with Crippen molar-refractivity contribution in [3.8, 4) is 29.9 Å². The smallest absolute Gasteiger partial charge is 0.433 e. The second-order valence-corrected chi connectivity index (χ2v) is 14.7. The summed E-state index contributed by atoms with van der Waals surface area (Å²) in [6.07, 6.45) is 5.99. The summed E-state index contributed by atoms with van der Waals surface area (Å²) in [4.78, 5) is 31.1. The Balaban J connectivity index is 1.19. The third-order valence-corrected chi connectivity index (χ3v) is 11.2. The van der Waals surface area contributed by atoms with Gasteiger partial charge in [0.1, 0.15) is 43.3 Å². The average Bonchev–Trinajstić information content (AvgIpc) is 3.79. The van der Waals surface area contributed by atoms with Gasteiger partial charge < -0.3 is 34.2 Å². The van der Waals surface area contributed by atoms with Crippen LogP contribution in [0.5, 0.6) is 17.5 Å². The third-order valence-electron chi connectivity index (χ3n) is 11.2. The maximum absolute atomic E-state index is 15.0. The predicted molar refractivity (Wildman–Crippen MR) is 195 cm³/mol. The minimum absolute atomic E-state index is 0.0337. The Hall–Kier alpha value is -5.33. The second kappa shape index (κ2) is 14.7. The zero-order chi connectivity index (χ0) is 39.1. The highest BCUT2D eigenvalue weighted by atomic mass is 19.4. The molecule has 55 heavy (non-hydrogen) atoms. The van der Waals surface area contributed by atoms with E-state index in [2.05, 4.69) is 22.8 Å². The maximum Gasteiger partial charge on any atom is 0.433 e. The van der Waals surface area contributed by atoms with E-state index in [0.29, 0.717) is 60.5 Å². The summed E-state index contributed by atoms with van der Waals surface area (Å²) < 4.78 is 88.1. The molecule has 5 heterocycles. The highest BCUT2D eigenvalue weighted by Crippen LogP contribution is 2.42. The van der Waals surface area contributed by atoms with Crippen LogP contribution >= 0.6 is 0 Å². The number of likely N-dealkylation sites (N-methyl/N-ethyl adjacent to an activating group) is 1. The van der Waals surface area contributed by atoms with Crippen molar-refractivity contribution in [3.05, 3.63) is 65.9 Å². The zero-order valence-electron chi connectivity index (χ0n) is 30.6. The number of nitrogens with one attached hydrogen (secondary N) is 1. The highest BCUT2D eigenvalue weighted by Gasteiger charge is 2.45. The van der Waals surface area contributed by atoms with E-state index in [4.69, 9.17) is 30.6 Å². The number of carbonyl (C=O) groups is 1. The summed E-state index contributed by atoms with van der Waals surface area (Å²) in [5.74, 6) is 2.91. The quantitative estimate of drug-likeness (QED) is 0.151. The van der Waals surface area contributed by atoms with Gasteiger partial charge in [0, 0.05) is 26.4 Å². The fourth-order valence-corrected chi connectivity index (χ4v) is 8.27. The van der Waals surface area contributed by atoms with Gasteiger partial charge in [-0.15, -0.1) is 6.42 Å². The van der Waals surface area contributed by atoms with Crippen LogP contribution in [-0.4, -0.2) is 95.6 Å². The molecule has 0 radical (unpaired) electrons. The van der Waals surface area contributed by atoms with Crippen molar-refractivity contribution in [1.29, 1.82) is 0 Å². The molecule has 1 saturated carbocycles. The Morgan fingerprint density at radius 2 is 2.00 bits per heavy atom. The average molecular weight is 768 g/mol. The van der Waals surface area contributed by atoms with Crippen molar-refractivity contribution < 1.29 is 41.0 Å². The lowest BCUT2D eigenvalue weighted by molar-refractivity contribution is -0.141. The number of halogens is 5. The molecule has 2 fully saturated rings. The summed E-state index contributed by atoms with van der Waals surface area (Å²) in [7, 11) is 1.76. The number of rotatable bonds is 10. The van der Waals surface area contributed by atoms with Crippen LogP contribution in [0.2, 0.25) is 0 Å². The molecule has 16 heteroatoms. The fraction of sp³-hybridized carbons (Fsp3) is 0.487. The van der Waals surface area contributed by atoms with E-state index in [0.717, 1.165) is 37.9 Å². The molecule has 11 nitrogen and oxygen atoms in total. The van der Waals surface area contributed by atoms with E-state index in [1.54, 1.807) is 29.8 Å². The molecule has 1 N–H and O–H groups in total. The van der Waals surface area contributed by atoms with Crippen molar-refractivity contribution in [2.75, 3.05) is 61.6 Å². The lowest BCUT2D eigenvalue weighted by Crippen LogP contribution is -2.52. The minimum atomic E-state index is -4.62. The van der Waals surface area contributed by atoms with Crippen LogP contribution in [0.15, 0.2) is 43.1 Å². The lowest BCUT2D eigenvalue weighted by atomic mass is 9.95. The molecule has 1 saturated heterocycles. The van der Waals surface area contributed by atoms with E-state index < -0.39 is 34.9 Å². The van der Waals surface area contributed by atoms with Crippen molar-refractivity contribution in [1.82, 2.24) is 19.9 Å². The van der Waals surface area contributed by atoms with Gasteiger partial charge in [-0.1, -0.05) is 25.3 Å². The predicted octanol–water partition coefficient (Wildman–Crippen LogP) is 5.97. The number of terminal acetylenes is 1. The first-order valence-electron chi connectivity index (χ1n) is 18.2. The topological polar surface area (TPSA) is 105 Å². The van der Waals surface area contributed by atoms with E-state index in [1.807, 2.05) is 4.90 Å². The first kappa shape index (κ1) is 38.0. The number of benzene rings is 1. The number of hydrogen-bond acceptors (Lipinski definition) is 10. The van der Waals surface area contributed by atoms with Crippen LogP contribution in [0.25, 0.3) is 0 Å². The molecule has 1 aromatic carbocycles. The zero-order valence-corrected chi connectivity index (χ0v) is 30.6. The molecule has 4 aliphatic rings. The van der Waals surface area contributed by atoms with Gasteiger partial charge in [0.2, 0.25) is 5.91 Å². The number of aromatic nitrogens is 3. The van der Waals surface area contributed by atoms with Gasteiger partial charge in [0.05, 0.1) is 59.0 Å². The van der Waals surface area contributed by atoms with E-state index >= 15 is 4.39 Å². The Morgan fingerprint density at radius 3 is 2.69 bits per heavy atom. The van der Waals surface area contributed by atoms with Crippen molar-refractivity contribution >= 4 is 23.1 Å². The number of nitrogens with zero attached hydrogens (tertiary/aromatic N) is 6. The van der Waals surface area contributed by atoms with Crippen LogP contribution in [-0.2, 0) is 17.4 Å². The first-order chi connectivity index (χ1) is 26.2. The molecule has 1 aliphatic carbocycles. The molecular weight excluding hydrogens is 725 g/mol. The van der Waals surface area contributed by atoms with Gasteiger partial charge in [-0.05, 0) is 50.1 Å². The van der Waals surface area contributed by atoms with Crippen molar-refractivity contribution in [3.63, 3.8) is 0 Å². The molecule has 3 aromatic rings. The Kier molecular flexibility index (Phi) is 10.2. The maximum atomic E-state index is 15.0. The monoisotopic (exact) mass is 767 g/mol. The summed E-state index contributed by atoms with van der Waals surface area (Å²) in [6.45, 7) is 6.53. The minimum Gasteiger partial charge on any atom is -0.490 e. The number of carbonyl (C=O) groups excluding carboxylic acids is 1. The highest BCUT2D eigenvalue weighted by molar-refractivity contribution is 5.87. The van der Waals surface area contributed by atoms with Crippen LogP contribution in [0.4, 0.5) is 39.1 Å². The molecule has 2 aromatic heterocycles. The van der Waals surface area contributed by atoms with Crippen LogP contribution in [0.1, 0.15) is 56.0 Å². The summed E-state index contributed by atoms with van der Waals surface area (Å²) >= 11 is 0. The molecule has 0 bridgehead atoms. The molecule has 0 spiro atoms. The summed E-state index contributed by atoms with van der Waals surface area (Å²) in [5.41, 5.74) is -1.21. The van der Waals surface area contributed by atoms with Crippen molar-refractivity contribution in [2.45, 2.75) is 74.9 Å². The number of pyridine rings is 1. The molecule has 7 rings (SSSR count). The van der Waals surface area contributed by atoms with Gasteiger partial charge in [-0.3, -0.25) is 4.79 Å². The molecular formula is C39H42F5N7O4. The van der Waals surface area contributed by atoms with E-state index in [1.165, 1.54) is 18.2 Å². The number of amides is 1. The molecule has 1 amide bonds. The Morgan fingerprint density at radius 1 is 1.22 bits per heavy atom. The van der Waals surface area contributed by atoms with Gasteiger partial charge in [-0.25, -0.2) is 13.8 Å². The number of alkyl halides is 4. The number of hydrogen-bond donors (Lipinski definition) is 1. The molecule has 0 unspecified atom stereocenters. The van der Waals surface area contributed by atoms with Crippen LogP contribution in [0.3, 0.4) is 0 Å². The van der Waals surface area contributed by atoms with Gasteiger partial charge in [-0.2, -0.15) is 23.1 Å². The Bertz CT molecular complexity index is 1980. The molecule has 3 atom stereocenters. The second-order valence-electron chi connectivity index (χ2n) is 14.7. The summed E-state index contributed by atoms with van der Waals surface area (Å²) in [5, 5.41) is 3.42. The lowest BCUT2D eigenvalue weighted by Gasteiger charge is -2.41. The SMILES string of the molecule is C#Cc1c(F)ccc2c1N([C@H]1COc3c(nc(OC[C@]4(C)C[C@@H](F)CN4c4ccc(C(F)(F)F)nc4)nc3NCC3(N(C)C(=O)C=C)CCCC3)C1)CCO2. The molecule has 3 aliphatic heterocycles. The summed E-state index contributed by atoms with van der Waals surface area (Å²) in [6, 6.07) is 4.60. The van der Waals surface area contributed by atoms with Gasteiger partial charge in [0.15, 0.2) is 11.6 Å². The van der Waals surface area contributed by atoms with E-state index in [-0.39, 0.29) is 49.7 Å². The van der Waals surface area contributed by atoms with Crippen molar-refractivity contribution in [2.24, 2.45) is 0 Å². The third kappa shape index (κ3) is 7.28. The van der Waals surface area contributed by atoms with E-state index in [9.17, 15) is 22.4 Å². The largest absolute Gasteiger partial charge is 0.490 e. The van der Waals surface area contributed by atoms with Crippen LogP contribution in [0, 0.1) is 18.2 Å². The van der Waals surface area contributed by atoms with Crippen LogP contribution < -0.4 is 29.3 Å². The number of ether oxygens (including phenoxy) is 3. The van der Waals surface area contributed by atoms with Gasteiger partial charge in [0.25, 0.3) is 0 Å². The number of anilines is 3. The standard InChI is InChI=1S/C39H42F5N7O4/c1-5-27-28(41)10-11-30-33(27)50(15-16-53-30)26-17-29-34(54-21-26)35(46-22-38(13-7-8-14-38)49(4)32(52)6-2)48-36(47-29)55-23-37(3)18-24(40)20-51(37)25-9-12-31(45-19-25)39(42,43)44/h1,6,9-12,19,24,26H,2,7-8,13-18,20-23H2,3-4H3,(H,46,47,48)/t24-,26-,37+/m1/s1. The first-order valence-corrected chi connectivity index (χ1v) is 18.2. The molecule has 292 valence electrons. The van der Waals surface area contributed by atoms with Gasteiger partial charge >= 0.3 is 12.2 Å².